The van der Waals surface area contributed by atoms with Crippen LogP contribution in [-0.2, 0) is 25.4 Å². The van der Waals surface area contributed by atoms with E-state index in [0.717, 1.165) is 38.5 Å². The molecule has 28 heavy (non-hydrogen) atoms. The molecule has 0 N–H and O–H groups in total. The van der Waals surface area contributed by atoms with Crippen molar-refractivity contribution < 1.29 is 19.0 Å². The van der Waals surface area contributed by atoms with Crippen LogP contribution in [0.15, 0.2) is 30.3 Å². The number of hydrogen-bond donors (Lipinski definition) is 0. The summed E-state index contributed by atoms with van der Waals surface area (Å²) < 4.78 is 18.4. The van der Waals surface area contributed by atoms with Crippen molar-refractivity contribution in [1.29, 1.82) is 0 Å². The second kappa shape index (κ2) is 9.41. The van der Waals surface area contributed by atoms with Gasteiger partial charge in [0.15, 0.2) is 5.79 Å². The van der Waals surface area contributed by atoms with E-state index in [2.05, 4.69) is 45.0 Å². The first-order valence-corrected chi connectivity index (χ1v) is 10.9. The molecular weight excluding hydrogens is 352 g/mol. The van der Waals surface area contributed by atoms with Crippen molar-refractivity contribution in [2.24, 2.45) is 5.41 Å². The van der Waals surface area contributed by atoms with Gasteiger partial charge in [0.2, 0.25) is 0 Å². The lowest BCUT2D eigenvalue weighted by atomic mass is 9.91. The van der Waals surface area contributed by atoms with Gasteiger partial charge in [-0.05, 0) is 30.2 Å². The van der Waals surface area contributed by atoms with E-state index >= 15 is 0 Å². The summed E-state index contributed by atoms with van der Waals surface area (Å²) in [6.07, 6.45) is 8.37. The Morgan fingerprint density at radius 2 is 1.75 bits per heavy atom. The van der Waals surface area contributed by atoms with Crippen LogP contribution in [0.5, 0.6) is 0 Å². The third kappa shape index (κ3) is 6.31. The molecule has 1 aromatic carbocycles. The summed E-state index contributed by atoms with van der Waals surface area (Å²) in [5, 5.41) is 0. The smallest absolute Gasteiger partial charge is 0.305 e. The Kier molecular flexibility index (Phi) is 7.16. The quantitative estimate of drug-likeness (QED) is 0.584. The molecule has 0 aromatic heterocycles. The first-order chi connectivity index (χ1) is 13.4. The number of benzene rings is 1. The lowest BCUT2D eigenvalue weighted by molar-refractivity contribution is -0.194. The van der Waals surface area contributed by atoms with Gasteiger partial charge in [0.25, 0.3) is 0 Å². The van der Waals surface area contributed by atoms with Gasteiger partial charge in [0, 0.05) is 32.1 Å². The number of hydrogen-bond acceptors (Lipinski definition) is 4. The third-order valence-corrected chi connectivity index (χ3v) is 5.79. The van der Waals surface area contributed by atoms with Crippen LogP contribution in [0, 0.1) is 5.41 Å². The highest BCUT2D eigenvalue weighted by atomic mass is 16.8. The van der Waals surface area contributed by atoms with Crippen molar-refractivity contribution in [1.82, 2.24) is 0 Å². The number of rotatable bonds is 7. The first-order valence-electron chi connectivity index (χ1n) is 10.9. The standard InChI is InChI=1S/C24H36O4/c1-23(2,3)16-12-22(25)26-17-13-20-21(18-19-10-6-4-7-11-19)28-24(27-20)14-8-5-9-15-24/h4,6-7,10-11,20-21H,5,8-9,12-18H2,1-3H3. The second-order valence-electron chi connectivity index (χ2n) is 9.54. The van der Waals surface area contributed by atoms with E-state index in [4.69, 9.17) is 14.2 Å². The van der Waals surface area contributed by atoms with Crippen molar-refractivity contribution in [2.45, 2.75) is 96.6 Å². The molecule has 0 amide bonds. The summed E-state index contributed by atoms with van der Waals surface area (Å²) in [4.78, 5) is 12.0. The second-order valence-corrected chi connectivity index (χ2v) is 9.54. The molecule has 4 nitrogen and oxygen atoms in total. The number of ether oxygens (including phenoxy) is 3. The number of carbonyl (C=O) groups excluding carboxylic acids is 1. The van der Waals surface area contributed by atoms with Crippen LogP contribution >= 0.6 is 0 Å². The maximum absolute atomic E-state index is 12.0. The van der Waals surface area contributed by atoms with Crippen molar-refractivity contribution in [3.63, 3.8) is 0 Å². The Morgan fingerprint density at radius 3 is 2.43 bits per heavy atom. The Labute approximate surface area is 169 Å². The molecule has 1 aliphatic heterocycles. The Bertz CT molecular complexity index is 613. The molecule has 2 aliphatic rings. The highest BCUT2D eigenvalue weighted by Crippen LogP contribution is 2.42. The van der Waals surface area contributed by atoms with Gasteiger partial charge in [-0.1, -0.05) is 57.5 Å². The van der Waals surface area contributed by atoms with Crippen molar-refractivity contribution in [2.75, 3.05) is 6.61 Å². The lowest BCUT2D eigenvalue weighted by Gasteiger charge is -2.32. The highest BCUT2D eigenvalue weighted by molar-refractivity contribution is 5.69. The van der Waals surface area contributed by atoms with Gasteiger partial charge >= 0.3 is 5.97 Å². The van der Waals surface area contributed by atoms with Crippen LogP contribution in [0.25, 0.3) is 0 Å². The minimum atomic E-state index is -0.418. The zero-order valence-electron chi connectivity index (χ0n) is 17.7. The summed E-state index contributed by atoms with van der Waals surface area (Å²) in [5.41, 5.74) is 1.41. The zero-order chi connectivity index (χ0) is 20.0. The topological polar surface area (TPSA) is 44.8 Å². The van der Waals surface area contributed by atoms with Crippen LogP contribution in [0.2, 0.25) is 0 Å². The summed E-state index contributed by atoms with van der Waals surface area (Å²) >= 11 is 0. The van der Waals surface area contributed by atoms with Gasteiger partial charge in [0.1, 0.15) is 0 Å². The molecule has 1 spiro atoms. The van der Waals surface area contributed by atoms with Gasteiger partial charge < -0.3 is 14.2 Å². The van der Waals surface area contributed by atoms with E-state index in [9.17, 15) is 4.79 Å². The van der Waals surface area contributed by atoms with Gasteiger partial charge in [-0.2, -0.15) is 0 Å². The van der Waals surface area contributed by atoms with E-state index < -0.39 is 5.79 Å². The molecule has 3 rings (SSSR count). The average Bonchev–Trinajstić information content (AvgIpc) is 2.97. The van der Waals surface area contributed by atoms with E-state index in [1.54, 1.807) is 0 Å². The maximum Gasteiger partial charge on any atom is 0.305 e. The maximum atomic E-state index is 12.0. The fourth-order valence-corrected chi connectivity index (χ4v) is 4.16. The number of carbonyl (C=O) groups is 1. The zero-order valence-corrected chi connectivity index (χ0v) is 17.7. The van der Waals surface area contributed by atoms with Crippen molar-refractivity contribution >= 4 is 5.97 Å². The molecule has 1 saturated heterocycles. The van der Waals surface area contributed by atoms with E-state index in [1.807, 2.05) is 6.07 Å². The Balaban J connectivity index is 1.54. The van der Waals surface area contributed by atoms with Gasteiger partial charge in [-0.15, -0.1) is 0 Å². The predicted molar refractivity (Wildman–Crippen MR) is 110 cm³/mol. The summed E-state index contributed by atoms with van der Waals surface area (Å²) in [6, 6.07) is 10.4. The minimum absolute atomic E-state index is 0.0197. The normalized spacial score (nSPS) is 24.4. The molecule has 2 atom stereocenters. The van der Waals surface area contributed by atoms with Gasteiger partial charge in [-0.3, -0.25) is 4.79 Å². The Morgan fingerprint density at radius 1 is 1.07 bits per heavy atom. The average molecular weight is 389 g/mol. The summed E-state index contributed by atoms with van der Waals surface area (Å²) in [6.45, 7) is 6.82. The van der Waals surface area contributed by atoms with Crippen LogP contribution < -0.4 is 0 Å². The molecule has 4 heteroatoms. The van der Waals surface area contributed by atoms with Crippen LogP contribution in [0.3, 0.4) is 0 Å². The van der Waals surface area contributed by atoms with Crippen LogP contribution in [-0.4, -0.2) is 30.6 Å². The van der Waals surface area contributed by atoms with E-state index in [1.165, 1.54) is 12.0 Å². The SMILES string of the molecule is CC(C)(C)CCC(=O)OCCC1OC2(CCCCC2)OC1Cc1ccccc1. The molecule has 156 valence electrons. The number of esters is 1. The molecule has 1 heterocycles. The molecule has 0 radical (unpaired) electrons. The van der Waals surface area contributed by atoms with Gasteiger partial charge in [-0.25, -0.2) is 0 Å². The third-order valence-electron chi connectivity index (χ3n) is 5.79. The highest BCUT2D eigenvalue weighted by Gasteiger charge is 2.47. The lowest BCUT2D eigenvalue weighted by Crippen LogP contribution is -2.33. The molecular formula is C24H36O4. The van der Waals surface area contributed by atoms with Gasteiger partial charge in [0.05, 0.1) is 18.8 Å². The molecule has 0 bridgehead atoms. The molecule has 2 fully saturated rings. The predicted octanol–water partition coefficient (Wildman–Crippen LogP) is 5.43. The van der Waals surface area contributed by atoms with Crippen molar-refractivity contribution in [3.05, 3.63) is 35.9 Å². The fourth-order valence-electron chi connectivity index (χ4n) is 4.16. The minimum Gasteiger partial charge on any atom is -0.466 e. The molecule has 1 aromatic rings. The summed E-state index contributed by atoms with van der Waals surface area (Å²) in [7, 11) is 0. The van der Waals surface area contributed by atoms with Crippen LogP contribution in [0.1, 0.15) is 77.7 Å². The first kappa shape index (κ1) is 21.3. The Hall–Kier alpha value is -1.39. The summed E-state index contributed by atoms with van der Waals surface area (Å²) in [5.74, 6) is -0.528. The largest absolute Gasteiger partial charge is 0.466 e. The fraction of sp³-hybridized carbons (Fsp3) is 0.708. The monoisotopic (exact) mass is 388 g/mol. The molecule has 1 aliphatic carbocycles. The van der Waals surface area contributed by atoms with Crippen LogP contribution in [0.4, 0.5) is 0 Å². The van der Waals surface area contributed by atoms with E-state index in [0.29, 0.717) is 19.4 Å². The van der Waals surface area contributed by atoms with Crippen molar-refractivity contribution in [3.8, 4) is 0 Å². The molecule has 2 unspecified atom stereocenters. The molecule has 1 saturated carbocycles. The van der Waals surface area contributed by atoms with E-state index in [-0.39, 0.29) is 23.6 Å².